The van der Waals surface area contributed by atoms with Gasteiger partial charge in [0.2, 0.25) is 0 Å². The number of rotatable bonds is 4. The van der Waals surface area contributed by atoms with E-state index in [2.05, 4.69) is 10.00 Å². The molecular weight excluding hydrogens is 306 g/mol. The number of fused-ring (bicyclic) bond motifs is 1. The van der Waals surface area contributed by atoms with Crippen LogP contribution in [0.15, 0.2) is 16.8 Å². The summed E-state index contributed by atoms with van der Waals surface area (Å²) in [5.41, 5.74) is 4.70. The molecule has 0 radical (unpaired) electrons. The molecule has 23 heavy (non-hydrogen) atoms. The van der Waals surface area contributed by atoms with Gasteiger partial charge in [0.15, 0.2) is 0 Å². The van der Waals surface area contributed by atoms with Gasteiger partial charge in [0.05, 0.1) is 18.3 Å². The summed E-state index contributed by atoms with van der Waals surface area (Å²) in [5.74, 6) is 0.00576. The molecule has 2 aromatic heterocycles. The van der Waals surface area contributed by atoms with Crippen LogP contribution in [0, 0.1) is 0 Å². The zero-order chi connectivity index (χ0) is 15.6. The van der Waals surface area contributed by atoms with Crippen molar-refractivity contribution in [3.63, 3.8) is 0 Å². The van der Waals surface area contributed by atoms with Gasteiger partial charge in [0.25, 0.3) is 5.91 Å². The molecule has 0 bridgehead atoms. The summed E-state index contributed by atoms with van der Waals surface area (Å²) in [6, 6.07) is 2.45. The number of thiophene rings is 1. The molecule has 5 heteroatoms. The summed E-state index contributed by atoms with van der Waals surface area (Å²) in [7, 11) is 0. The van der Waals surface area contributed by atoms with Crippen LogP contribution in [0.5, 0.6) is 0 Å². The molecule has 0 atom stereocenters. The molecule has 0 aliphatic heterocycles. The topological polar surface area (TPSA) is 46.9 Å². The molecule has 1 N–H and O–H groups in total. The third-order valence-electron chi connectivity index (χ3n) is 5.16. The minimum atomic E-state index is 0.00576. The van der Waals surface area contributed by atoms with Crippen LogP contribution in [0.3, 0.4) is 0 Å². The second-order valence-corrected chi connectivity index (χ2v) is 7.44. The third-order valence-corrected chi connectivity index (χ3v) is 5.85. The monoisotopic (exact) mass is 329 g/mol. The lowest BCUT2D eigenvalue weighted by Crippen LogP contribution is -2.23. The minimum Gasteiger partial charge on any atom is -0.346 e. The number of hydrogen-bond acceptors (Lipinski definition) is 3. The van der Waals surface area contributed by atoms with Gasteiger partial charge in [-0.3, -0.25) is 9.48 Å². The van der Waals surface area contributed by atoms with E-state index in [9.17, 15) is 4.79 Å². The van der Waals surface area contributed by atoms with Crippen LogP contribution < -0.4 is 5.32 Å². The van der Waals surface area contributed by atoms with Gasteiger partial charge in [0, 0.05) is 16.6 Å². The van der Waals surface area contributed by atoms with Crippen molar-refractivity contribution in [2.24, 2.45) is 0 Å². The van der Waals surface area contributed by atoms with Crippen molar-refractivity contribution in [1.82, 2.24) is 15.1 Å². The summed E-state index contributed by atoms with van der Waals surface area (Å²) in [6.45, 7) is 0.552. The minimum absolute atomic E-state index is 0.00576. The van der Waals surface area contributed by atoms with Gasteiger partial charge >= 0.3 is 0 Å². The van der Waals surface area contributed by atoms with E-state index in [1.807, 2.05) is 16.8 Å². The Hall–Kier alpha value is -1.62. The molecule has 0 saturated heterocycles. The molecule has 1 saturated carbocycles. The molecule has 2 aliphatic carbocycles. The number of hydrogen-bond donors (Lipinski definition) is 1. The first-order chi connectivity index (χ1) is 11.3. The predicted molar refractivity (Wildman–Crippen MR) is 91.9 cm³/mol. The van der Waals surface area contributed by atoms with Crippen molar-refractivity contribution in [3.8, 4) is 0 Å². The summed E-state index contributed by atoms with van der Waals surface area (Å²) < 4.78 is 2.31. The van der Waals surface area contributed by atoms with Gasteiger partial charge in [0.1, 0.15) is 0 Å². The first-order valence-corrected chi connectivity index (χ1v) is 9.67. The normalized spacial score (nSPS) is 18.1. The molecule has 2 aliphatic rings. The average Bonchev–Trinajstić information content (AvgIpc) is 3.31. The van der Waals surface area contributed by atoms with Crippen molar-refractivity contribution < 1.29 is 4.79 Å². The van der Waals surface area contributed by atoms with Gasteiger partial charge in [-0.25, -0.2) is 0 Å². The van der Waals surface area contributed by atoms with E-state index in [-0.39, 0.29) is 5.91 Å². The Morgan fingerprint density at radius 1 is 1.26 bits per heavy atom. The summed E-state index contributed by atoms with van der Waals surface area (Å²) in [6.07, 6.45) is 9.95. The molecule has 0 spiro atoms. The van der Waals surface area contributed by atoms with Gasteiger partial charge in [-0.05, 0) is 55.5 Å². The van der Waals surface area contributed by atoms with Crippen LogP contribution in [-0.4, -0.2) is 15.7 Å². The molecule has 1 fully saturated rings. The van der Waals surface area contributed by atoms with E-state index in [0.29, 0.717) is 12.6 Å². The fourth-order valence-corrected chi connectivity index (χ4v) is 4.59. The SMILES string of the molecule is O=C(NCc1nn(C2CCCC2)c2c1CCCC2)c1ccsc1. The Kier molecular flexibility index (Phi) is 4.21. The lowest BCUT2D eigenvalue weighted by Gasteiger charge is -2.18. The van der Waals surface area contributed by atoms with E-state index in [1.54, 1.807) is 11.3 Å². The molecule has 122 valence electrons. The highest BCUT2D eigenvalue weighted by molar-refractivity contribution is 7.08. The number of carbonyl (C=O) groups excluding carboxylic acids is 1. The van der Waals surface area contributed by atoms with Crippen LogP contribution in [0.4, 0.5) is 0 Å². The van der Waals surface area contributed by atoms with E-state index < -0.39 is 0 Å². The maximum absolute atomic E-state index is 12.2. The molecule has 1 amide bonds. The first-order valence-electron chi connectivity index (χ1n) is 8.72. The Balaban J connectivity index is 1.54. The second-order valence-electron chi connectivity index (χ2n) is 6.66. The fraction of sp³-hybridized carbons (Fsp3) is 0.556. The number of nitrogens with one attached hydrogen (secondary N) is 1. The van der Waals surface area contributed by atoms with Crippen molar-refractivity contribution in [2.45, 2.75) is 64.0 Å². The van der Waals surface area contributed by atoms with Crippen LogP contribution in [0.2, 0.25) is 0 Å². The van der Waals surface area contributed by atoms with Crippen molar-refractivity contribution in [3.05, 3.63) is 39.3 Å². The summed E-state index contributed by atoms with van der Waals surface area (Å²) in [4.78, 5) is 12.2. The smallest absolute Gasteiger partial charge is 0.252 e. The molecule has 4 nitrogen and oxygen atoms in total. The van der Waals surface area contributed by atoms with Gasteiger partial charge < -0.3 is 5.32 Å². The molecule has 2 heterocycles. The highest BCUT2D eigenvalue weighted by Gasteiger charge is 2.26. The highest BCUT2D eigenvalue weighted by Crippen LogP contribution is 2.34. The van der Waals surface area contributed by atoms with Crippen LogP contribution in [-0.2, 0) is 19.4 Å². The zero-order valence-electron chi connectivity index (χ0n) is 13.4. The highest BCUT2D eigenvalue weighted by atomic mass is 32.1. The number of carbonyl (C=O) groups is 1. The van der Waals surface area contributed by atoms with Gasteiger partial charge in [-0.15, -0.1) is 0 Å². The summed E-state index contributed by atoms with van der Waals surface area (Å²) >= 11 is 1.55. The van der Waals surface area contributed by atoms with Crippen LogP contribution >= 0.6 is 11.3 Å². The quantitative estimate of drug-likeness (QED) is 0.925. The zero-order valence-corrected chi connectivity index (χ0v) is 14.2. The van der Waals surface area contributed by atoms with Crippen molar-refractivity contribution in [1.29, 1.82) is 0 Å². The largest absolute Gasteiger partial charge is 0.346 e. The lowest BCUT2D eigenvalue weighted by atomic mass is 9.95. The predicted octanol–water partition coefficient (Wildman–Crippen LogP) is 3.87. The maximum atomic E-state index is 12.2. The second kappa shape index (κ2) is 6.48. The molecule has 2 aromatic rings. The van der Waals surface area contributed by atoms with E-state index in [1.165, 1.54) is 49.8 Å². The summed E-state index contributed by atoms with van der Waals surface area (Å²) in [5, 5.41) is 11.8. The molecule has 0 aromatic carbocycles. The van der Waals surface area contributed by atoms with E-state index in [0.717, 1.165) is 24.1 Å². The van der Waals surface area contributed by atoms with E-state index in [4.69, 9.17) is 5.10 Å². The third kappa shape index (κ3) is 2.94. The van der Waals surface area contributed by atoms with Crippen LogP contribution in [0.25, 0.3) is 0 Å². The average molecular weight is 329 g/mol. The Labute approximate surface area is 140 Å². The Morgan fingerprint density at radius 3 is 2.87 bits per heavy atom. The van der Waals surface area contributed by atoms with Crippen molar-refractivity contribution in [2.75, 3.05) is 0 Å². The molecular formula is C18H23N3OS. The lowest BCUT2D eigenvalue weighted by molar-refractivity contribution is 0.0950. The number of amides is 1. The van der Waals surface area contributed by atoms with Crippen molar-refractivity contribution >= 4 is 17.2 Å². The number of nitrogens with zero attached hydrogens (tertiary/aromatic N) is 2. The van der Waals surface area contributed by atoms with Gasteiger partial charge in [-0.2, -0.15) is 16.4 Å². The van der Waals surface area contributed by atoms with Gasteiger partial charge in [-0.1, -0.05) is 12.8 Å². The molecule has 0 unspecified atom stereocenters. The first kappa shape index (κ1) is 14.9. The van der Waals surface area contributed by atoms with E-state index >= 15 is 0 Å². The standard InChI is InChI=1S/C18H23N3OS/c22-18(13-9-10-23-12-13)19-11-16-15-7-3-4-8-17(15)21(20-16)14-5-1-2-6-14/h9-10,12,14H,1-8,11H2,(H,19,22). The maximum Gasteiger partial charge on any atom is 0.252 e. The number of aromatic nitrogens is 2. The Bertz CT molecular complexity index is 683. The fourth-order valence-electron chi connectivity index (χ4n) is 3.96. The molecule has 4 rings (SSSR count). The van der Waals surface area contributed by atoms with Crippen LogP contribution in [0.1, 0.15) is 71.9 Å². The Morgan fingerprint density at radius 2 is 2.09 bits per heavy atom.